The number of aryl methyl sites for hydroxylation is 2. The zero-order chi connectivity index (χ0) is 11.1. The predicted octanol–water partition coefficient (Wildman–Crippen LogP) is 2.70. The van der Waals surface area contributed by atoms with Gasteiger partial charge in [-0.1, -0.05) is 0 Å². The molecule has 2 N–H and O–H groups in total. The third-order valence-corrected chi connectivity index (χ3v) is 3.11. The minimum Gasteiger partial charge on any atom is -0.325 e. The minimum absolute atomic E-state index is 0.103. The van der Waals surface area contributed by atoms with Crippen LogP contribution in [0.2, 0.25) is 0 Å². The molecule has 0 atom stereocenters. The monoisotopic (exact) mass is 211 g/mol. The molecule has 0 unspecified atom stereocenters. The van der Waals surface area contributed by atoms with Gasteiger partial charge in [0.2, 0.25) is 0 Å². The topological polar surface area (TPSA) is 26.0 Å². The smallest absolute Gasteiger partial charge is 0.126 e. The molecule has 0 aliphatic heterocycles. The van der Waals surface area contributed by atoms with E-state index >= 15 is 0 Å². The second-order valence-electron chi connectivity index (χ2n) is 4.56. The molecule has 0 radical (unpaired) electrons. The maximum absolute atomic E-state index is 13.4. The highest BCUT2D eigenvalue weighted by Gasteiger charge is 2.37. The highest BCUT2D eigenvalue weighted by Crippen LogP contribution is 2.36. The lowest BCUT2D eigenvalue weighted by Gasteiger charge is -2.09. The van der Waals surface area contributed by atoms with Crippen LogP contribution in [-0.2, 0) is 6.42 Å². The Bertz CT molecular complexity index is 383. The van der Waals surface area contributed by atoms with E-state index in [9.17, 15) is 8.78 Å². The molecule has 82 valence electrons. The van der Waals surface area contributed by atoms with Gasteiger partial charge in [-0.15, -0.1) is 0 Å². The van der Waals surface area contributed by atoms with Crippen molar-refractivity contribution >= 4 is 0 Å². The molecule has 0 saturated heterocycles. The molecule has 1 nitrogen and oxygen atoms in total. The highest BCUT2D eigenvalue weighted by atomic mass is 19.1. The first kappa shape index (κ1) is 10.6. The largest absolute Gasteiger partial charge is 0.325 e. The van der Waals surface area contributed by atoms with E-state index in [1.807, 2.05) is 0 Å². The zero-order valence-corrected chi connectivity index (χ0v) is 8.82. The number of benzene rings is 1. The molecule has 15 heavy (non-hydrogen) atoms. The molecule has 0 aromatic heterocycles. The van der Waals surface area contributed by atoms with Crippen molar-refractivity contribution in [3.63, 3.8) is 0 Å². The fraction of sp³-hybridized carbons (Fsp3) is 0.500. The van der Waals surface area contributed by atoms with Crippen LogP contribution in [0.5, 0.6) is 0 Å². The van der Waals surface area contributed by atoms with Crippen LogP contribution >= 0.6 is 0 Å². The maximum atomic E-state index is 13.4. The van der Waals surface area contributed by atoms with Gasteiger partial charge in [-0.25, -0.2) is 8.78 Å². The Hall–Kier alpha value is -0.960. The fourth-order valence-corrected chi connectivity index (χ4v) is 1.67. The molecule has 1 fully saturated rings. The van der Waals surface area contributed by atoms with Crippen molar-refractivity contribution in [2.45, 2.75) is 38.1 Å². The van der Waals surface area contributed by atoms with Crippen LogP contribution in [0.1, 0.15) is 30.4 Å². The van der Waals surface area contributed by atoms with Gasteiger partial charge in [-0.05, 0) is 55.9 Å². The van der Waals surface area contributed by atoms with Crippen molar-refractivity contribution in [3.8, 4) is 0 Å². The highest BCUT2D eigenvalue weighted by molar-refractivity contribution is 5.25. The van der Waals surface area contributed by atoms with Crippen molar-refractivity contribution in [2.75, 3.05) is 0 Å². The van der Waals surface area contributed by atoms with Crippen LogP contribution < -0.4 is 5.73 Å². The van der Waals surface area contributed by atoms with Crippen molar-refractivity contribution in [2.24, 2.45) is 5.73 Å². The third-order valence-electron chi connectivity index (χ3n) is 3.11. The molecule has 1 aliphatic carbocycles. The maximum Gasteiger partial charge on any atom is 0.126 e. The molecule has 2 rings (SSSR count). The van der Waals surface area contributed by atoms with E-state index < -0.39 is 0 Å². The van der Waals surface area contributed by atoms with Gasteiger partial charge in [0.25, 0.3) is 0 Å². The summed E-state index contributed by atoms with van der Waals surface area (Å²) in [4.78, 5) is 0. The van der Waals surface area contributed by atoms with E-state index in [4.69, 9.17) is 5.73 Å². The molecular formula is C12H15F2N. The molecule has 3 heteroatoms. The first-order chi connectivity index (χ1) is 7.00. The van der Waals surface area contributed by atoms with Gasteiger partial charge >= 0.3 is 0 Å². The predicted molar refractivity (Wildman–Crippen MR) is 55.6 cm³/mol. The molecule has 0 spiro atoms. The van der Waals surface area contributed by atoms with Crippen LogP contribution in [0.4, 0.5) is 8.78 Å². The number of rotatable bonds is 3. The van der Waals surface area contributed by atoms with Gasteiger partial charge in [-0.2, -0.15) is 0 Å². The molecule has 0 amide bonds. The average Bonchev–Trinajstić information content (AvgIpc) is 2.89. The Labute approximate surface area is 88.3 Å². The number of halogens is 2. The van der Waals surface area contributed by atoms with Gasteiger partial charge in [-0.3, -0.25) is 0 Å². The fourth-order valence-electron chi connectivity index (χ4n) is 1.67. The van der Waals surface area contributed by atoms with Crippen LogP contribution in [-0.4, -0.2) is 5.54 Å². The molecule has 1 aromatic carbocycles. The molecule has 1 aliphatic rings. The van der Waals surface area contributed by atoms with Crippen LogP contribution in [0.15, 0.2) is 12.1 Å². The van der Waals surface area contributed by atoms with E-state index in [2.05, 4.69) is 0 Å². The number of hydrogen-bond acceptors (Lipinski definition) is 1. The summed E-state index contributed by atoms with van der Waals surface area (Å²) in [6.45, 7) is 1.56. The molecule has 1 aromatic rings. The lowest BCUT2D eigenvalue weighted by Crippen LogP contribution is -2.22. The van der Waals surface area contributed by atoms with E-state index in [-0.39, 0.29) is 17.2 Å². The zero-order valence-electron chi connectivity index (χ0n) is 8.82. The minimum atomic E-state index is -0.340. The van der Waals surface area contributed by atoms with Crippen molar-refractivity contribution in [1.29, 1.82) is 0 Å². The Balaban J connectivity index is 2.10. The lowest BCUT2D eigenvalue weighted by atomic mass is 10.0. The molecular weight excluding hydrogens is 196 g/mol. The first-order valence-corrected chi connectivity index (χ1v) is 5.24. The Kier molecular flexibility index (Phi) is 2.51. The summed E-state index contributed by atoms with van der Waals surface area (Å²) in [6, 6.07) is 2.54. The Morgan fingerprint density at radius 1 is 1.27 bits per heavy atom. The summed E-state index contributed by atoms with van der Waals surface area (Å²) >= 11 is 0. The first-order valence-electron chi connectivity index (χ1n) is 5.24. The van der Waals surface area contributed by atoms with Crippen LogP contribution in [0, 0.1) is 18.6 Å². The summed E-state index contributed by atoms with van der Waals surface area (Å²) in [5, 5.41) is 0. The standard InChI is InChI=1S/C12H15F2N/c1-8-6-11(14)9(7-10(8)13)2-3-12(15)4-5-12/h6-7H,2-5,15H2,1H3. The molecule has 0 heterocycles. The second kappa shape index (κ2) is 3.56. The van der Waals surface area contributed by atoms with Crippen molar-refractivity contribution < 1.29 is 8.78 Å². The summed E-state index contributed by atoms with van der Waals surface area (Å²) in [5.41, 5.74) is 6.58. The quantitative estimate of drug-likeness (QED) is 0.817. The Morgan fingerprint density at radius 2 is 1.93 bits per heavy atom. The second-order valence-corrected chi connectivity index (χ2v) is 4.56. The van der Waals surface area contributed by atoms with Gasteiger partial charge in [0, 0.05) is 5.54 Å². The van der Waals surface area contributed by atoms with E-state index in [1.54, 1.807) is 6.92 Å². The SMILES string of the molecule is Cc1cc(F)c(CCC2(N)CC2)cc1F. The molecule has 0 bridgehead atoms. The van der Waals surface area contributed by atoms with Gasteiger partial charge in [0.1, 0.15) is 11.6 Å². The third kappa shape index (κ3) is 2.34. The van der Waals surface area contributed by atoms with Gasteiger partial charge < -0.3 is 5.73 Å². The normalized spacial score (nSPS) is 17.9. The summed E-state index contributed by atoms with van der Waals surface area (Å²) in [6.07, 6.45) is 3.28. The van der Waals surface area contributed by atoms with Crippen molar-refractivity contribution in [3.05, 3.63) is 34.9 Å². The van der Waals surface area contributed by atoms with Gasteiger partial charge in [0.05, 0.1) is 0 Å². The summed E-state index contributed by atoms with van der Waals surface area (Å²) < 4.78 is 26.6. The molecule has 1 saturated carbocycles. The number of nitrogens with two attached hydrogens (primary N) is 1. The number of hydrogen-bond donors (Lipinski definition) is 1. The van der Waals surface area contributed by atoms with E-state index in [0.717, 1.165) is 19.3 Å². The van der Waals surface area contributed by atoms with E-state index in [1.165, 1.54) is 12.1 Å². The van der Waals surface area contributed by atoms with Crippen LogP contribution in [0.3, 0.4) is 0 Å². The lowest BCUT2D eigenvalue weighted by molar-refractivity contribution is 0.554. The van der Waals surface area contributed by atoms with Crippen molar-refractivity contribution in [1.82, 2.24) is 0 Å². The van der Waals surface area contributed by atoms with Crippen LogP contribution in [0.25, 0.3) is 0 Å². The Morgan fingerprint density at radius 3 is 2.53 bits per heavy atom. The summed E-state index contributed by atoms with van der Waals surface area (Å²) in [5.74, 6) is -0.661. The summed E-state index contributed by atoms with van der Waals surface area (Å²) in [7, 11) is 0. The van der Waals surface area contributed by atoms with E-state index in [0.29, 0.717) is 17.5 Å². The van der Waals surface area contributed by atoms with Gasteiger partial charge in [0.15, 0.2) is 0 Å². The average molecular weight is 211 g/mol.